The van der Waals surface area contributed by atoms with Crippen molar-refractivity contribution < 1.29 is 0 Å². The van der Waals surface area contributed by atoms with E-state index < -0.39 is 0 Å². The monoisotopic (exact) mass is 179 g/mol. The largest absolute Gasteiger partial charge is 0.365 e. The molecule has 0 aliphatic heterocycles. The average molecular weight is 179 g/mol. The summed E-state index contributed by atoms with van der Waals surface area (Å²) in [5, 5.41) is 0. The summed E-state index contributed by atoms with van der Waals surface area (Å²) in [6.07, 6.45) is 7.13. The second kappa shape index (κ2) is 5.11. The van der Waals surface area contributed by atoms with Crippen LogP contribution in [0, 0.1) is 5.92 Å². The summed E-state index contributed by atoms with van der Waals surface area (Å²) in [5.41, 5.74) is 2.86. The Balaban J connectivity index is 2.44. The van der Waals surface area contributed by atoms with Crippen LogP contribution >= 0.6 is 0 Å². The Hall–Kier alpha value is -0.720. The Kier molecular flexibility index (Phi) is 4.07. The Morgan fingerprint density at radius 1 is 1.38 bits per heavy atom. The molecule has 1 N–H and O–H groups in total. The van der Waals surface area contributed by atoms with Gasteiger partial charge in [-0.3, -0.25) is 0 Å². The van der Waals surface area contributed by atoms with Crippen LogP contribution < -0.4 is 0 Å². The van der Waals surface area contributed by atoms with Crippen LogP contribution in [0.15, 0.2) is 12.3 Å². The number of rotatable bonds is 5. The molecule has 0 aliphatic rings. The lowest BCUT2D eigenvalue weighted by molar-refractivity contribution is 0.647. The number of aromatic nitrogens is 1. The number of nitrogens with one attached hydrogen (secondary N) is 1. The third kappa shape index (κ3) is 3.67. The van der Waals surface area contributed by atoms with Gasteiger partial charge in [0.1, 0.15) is 0 Å². The first-order valence-electron chi connectivity index (χ1n) is 5.38. The third-order valence-corrected chi connectivity index (χ3v) is 2.25. The van der Waals surface area contributed by atoms with Gasteiger partial charge in [0, 0.05) is 11.9 Å². The third-order valence-electron chi connectivity index (χ3n) is 2.25. The zero-order chi connectivity index (χ0) is 9.68. The van der Waals surface area contributed by atoms with Crippen molar-refractivity contribution in [3.8, 4) is 0 Å². The van der Waals surface area contributed by atoms with Crippen LogP contribution in [0.25, 0.3) is 0 Å². The van der Waals surface area contributed by atoms with E-state index in [1.807, 2.05) is 0 Å². The highest BCUT2D eigenvalue weighted by molar-refractivity contribution is 5.17. The Morgan fingerprint density at radius 2 is 2.15 bits per heavy atom. The van der Waals surface area contributed by atoms with E-state index in [1.165, 1.54) is 36.9 Å². The minimum atomic E-state index is 0.759. The number of H-pyrrole nitrogens is 1. The molecule has 1 aromatic heterocycles. The molecule has 1 rings (SSSR count). The van der Waals surface area contributed by atoms with E-state index in [2.05, 4.69) is 38.0 Å². The molecular weight excluding hydrogens is 158 g/mol. The van der Waals surface area contributed by atoms with Gasteiger partial charge < -0.3 is 4.98 Å². The van der Waals surface area contributed by atoms with Gasteiger partial charge in [0.25, 0.3) is 0 Å². The number of unbranched alkanes of at least 4 members (excludes halogenated alkanes) is 1. The molecule has 13 heavy (non-hydrogen) atoms. The highest BCUT2D eigenvalue weighted by atomic mass is 14.7. The van der Waals surface area contributed by atoms with E-state index in [1.54, 1.807) is 0 Å². The number of aryl methyl sites for hydroxylation is 1. The molecular formula is C12H21N. The van der Waals surface area contributed by atoms with Crippen LogP contribution in [0.3, 0.4) is 0 Å². The maximum absolute atomic E-state index is 3.35. The summed E-state index contributed by atoms with van der Waals surface area (Å²) in [4.78, 5) is 3.35. The summed E-state index contributed by atoms with van der Waals surface area (Å²) < 4.78 is 0. The quantitative estimate of drug-likeness (QED) is 0.711. The fourth-order valence-electron chi connectivity index (χ4n) is 1.59. The van der Waals surface area contributed by atoms with Crippen molar-refractivity contribution in [3.05, 3.63) is 23.5 Å². The zero-order valence-electron chi connectivity index (χ0n) is 9.06. The van der Waals surface area contributed by atoms with Gasteiger partial charge in [-0.1, -0.05) is 27.2 Å². The maximum Gasteiger partial charge on any atom is 0.0149 e. The fourth-order valence-corrected chi connectivity index (χ4v) is 1.59. The molecule has 0 bridgehead atoms. The lowest BCUT2D eigenvalue weighted by Crippen LogP contribution is -1.91. The average Bonchev–Trinajstić information content (AvgIpc) is 2.48. The van der Waals surface area contributed by atoms with Crippen LogP contribution in [0.5, 0.6) is 0 Å². The van der Waals surface area contributed by atoms with Crippen LogP contribution in [0.1, 0.15) is 44.9 Å². The predicted molar refractivity (Wildman–Crippen MR) is 57.9 cm³/mol. The summed E-state index contributed by atoms with van der Waals surface area (Å²) in [7, 11) is 0. The van der Waals surface area contributed by atoms with Gasteiger partial charge in [-0.2, -0.15) is 0 Å². The van der Waals surface area contributed by atoms with Crippen molar-refractivity contribution in [3.63, 3.8) is 0 Å². The first-order valence-corrected chi connectivity index (χ1v) is 5.38. The van der Waals surface area contributed by atoms with Crippen molar-refractivity contribution in [1.82, 2.24) is 4.98 Å². The molecule has 0 amide bonds. The van der Waals surface area contributed by atoms with Crippen LogP contribution in [0.2, 0.25) is 0 Å². The minimum absolute atomic E-state index is 0.759. The van der Waals surface area contributed by atoms with E-state index in [9.17, 15) is 0 Å². The van der Waals surface area contributed by atoms with Crippen molar-refractivity contribution in [2.45, 2.75) is 46.5 Å². The molecule has 1 aromatic rings. The van der Waals surface area contributed by atoms with Crippen molar-refractivity contribution in [2.24, 2.45) is 5.92 Å². The van der Waals surface area contributed by atoms with Gasteiger partial charge >= 0.3 is 0 Å². The molecule has 0 aliphatic carbocycles. The van der Waals surface area contributed by atoms with Crippen molar-refractivity contribution in [2.75, 3.05) is 0 Å². The summed E-state index contributed by atoms with van der Waals surface area (Å²) >= 11 is 0. The van der Waals surface area contributed by atoms with Gasteiger partial charge in [0.05, 0.1) is 0 Å². The smallest absolute Gasteiger partial charge is 0.0149 e. The van der Waals surface area contributed by atoms with E-state index in [0.717, 1.165) is 5.92 Å². The van der Waals surface area contributed by atoms with E-state index in [4.69, 9.17) is 0 Å². The minimum Gasteiger partial charge on any atom is -0.365 e. The number of aromatic amines is 1. The second-order valence-corrected chi connectivity index (χ2v) is 4.23. The Morgan fingerprint density at radius 3 is 2.77 bits per heavy atom. The molecule has 1 heteroatoms. The highest BCUT2D eigenvalue weighted by Crippen LogP contribution is 2.11. The number of hydrogen-bond donors (Lipinski definition) is 1. The Labute approximate surface area is 81.6 Å². The van der Waals surface area contributed by atoms with E-state index >= 15 is 0 Å². The summed E-state index contributed by atoms with van der Waals surface area (Å²) in [6.45, 7) is 6.76. The number of hydrogen-bond acceptors (Lipinski definition) is 0. The van der Waals surface area contributed by atoms with Gasteiger partial charge in [-0.05, 0) is 36.8 Å². The molecule has 74 valence electrons. The lowest BCUT2D eigenvalue weighted by atomic mass is 10.1. The van der Waals surface area contributed by atoms with Crippen LogP contribution in [-0.2, 0) is 12.8 Å². The molecule has 0 saturated heterocycles. The molecule has 0 aromatic carbocycles. The molecule has 1 heterocycles. The van der Waals surface area contributed by atoms with Gasteiger partial charge in [-0.25, -0.2) is 0 Å². The van der Waals surface area contributed by atoms with Crippen molar-refractivity contribution >= 4 is 0 Å². The molecule has 0 fully saturated rings. The van der Waals surface area contributed by atoms with Gasteiger partial charge in [0.15, 0.2) is 0 Å². The zero-order valence-corrected chi connectivity index (χ0v) is 9.06. The fraction of sp³-hybridized carbons (Fsp3) is 0.667. The second-order valence-electron chi connectivity index (χ2n) is 4.23. The first kappa shape index (κ1) is 10.4. The standard InChI is InChI=1S/C12H21N/c1-4-5-6-12-8-11(9-13-12)7-10(2)3/h8-10,13H,4-7H2,1-3H3. The highest BCUT2D eigenvalue weighted by Gasteiger charge is 2.00. The van der Waals surface area contributed by atoms with E-state index in [0.29, 0.717) is 0 Å². The van der Waals surface area contributed by atoms with E-state index in [-0.39, 0.29) is 0 Å². The molecule has 0 radical (unpaired) electrons. The molecule has 0 unspecified atom stereocenters. The maximum atomic E-state index is 3.35. The SMILES string of the molecule is CCCCc1cc(CC(C)C)c[nH]1. The van der Waals surface area contributed by atoms with Gasteiger partial charge in [-0.15, -0.1) is 0 Å². The van der Waals surface area contributed by atoms with Crippen LogP contribution in [0.4, 0.5) is 0 Å². The van der Waals surface area contributed by atoms with Crippen molar-refractivity contribution in [1.29, 1.82) is 0 Å². The summed E-state index contributed by atoms with van der Waals surface area (Å²) in [6, 6.07) is 2.32. The normalized spacial score (nSPS) is 11.1. The predicted octanol–water partition coefficient (Wildman–Crippen LogP) is 3.56. The van der Waals surface area contributed by atoms with Crippen LogP contribution in [-0.4, -0.2) is 4.98 Å². The first-order chi connectivity index (χ1) is 6.22. The molecule has 0 spiro atoms. The lowest BCUT2D eigenvalue weighted by Gasteiger charge is -1.99. The molecule has 0 saturated carbocycles. The molecule has 0 atom stereocenters. The molecule has 1 nitrogen and oxygen atoms in total. The Bertz CT molecular complexity index is 235. The summed E-state index contributed by atoms with van der Waals surface area (Å²) in [5.74, 6) is 0.759. The van der Waals surface area contributed by atoms with Gasteiger partial charge in [0.2, 0.25) is 0 Å². The topological polar surface area (TPSA) is 15.8 Å².